The average molecular weight is 234 g/mol. The average Bonchev–Trinajstić information content (AvgIpc) is 1.85. The van der Waals surface area contributed by atoms with Crippen LogP contribution in [0.1, 0.15) is 6.42 Å². The fourth-order valence-corrected chi connectivity index (χ4v) is 2.29. The fraction of sp³-hybridized carbons (Fsp3) is 0.667. The van der Waals surface area contributed by atoms with Crippen molar-refractivity contribution < 1.29 is 4.74 Å². The highest BCUT2D eigenvalue weighted by atomic mass is 35.8. The van der Waals surface area contributed by atoms with E-state index in [1.807, 2.05) is 0 Å². The van der Waals surface area contributed by atoms with Crippen LogP contribution in [0.15, 0.2) is 12.7 Å². The Labute approximate surface area is 82.4 Å². The minimum Gasteiger partial charge on any atom is -0.377 e. The van der Waals surface area contributed by atoms with E-state index in [1.54, 1.807) is 6.08 Å². The predicted octanol–water partition coefficient (Wildman–Crippen LogP) is 3.23. The van der Waals surface area contributed by atoms with Crippen LogP contribution in [0.5, 0.6) is 0 Å². The van der Waals surface area contributed by atoms with Gasteiger partial charge in [0.25, 0.3) is 0 Å². The lowest BCUT2D eigenvalue weighted by atomic mass is 10.5. The van der Waals surface area contributed by atoms with Gasteiger partial charge in [-0.25, -0.2) is 0 Å². The molecule has 0 saturated carbocycles. The summed E-state index contributed by atoms with van der Waals surface area (Å²) in [4.78, 5) is 0. The standard InChI is InChI=1S/C6H11Cl3OSi/c1-2-4-10-5-3-6-11(7,8)9/h2H,1,3-6H2. The van der Waals surface area contributed by atoms with E-state index in [4.69, 9.17) is 38.0 Å². The van der Waals surface area contributed by atoms with Crippen molar-refractivity contribution >= 4 is 39.2 Å². The van der Waals surface area contributed by atoms with Gasteiger partial charge in [0.2, 0.25) is 0 Å². The van der Waals surface area contributed by atoms with Crippen LogP contribution in [0.3, 0.4) is 0 Å². The quantitative estimate of drug-likeness (QED) is 0.296. The van der Waals surface area contributed by atoms with E-state index < -0.39 is 6.00 Å². The first kappa shape index (κ1) is 11.8. The van der Waals surface area contributed by atoms with Gasteiger partial charge < -0.3 is 4.74 Å². The predicted molar refractivity (Wildman–Crippen MR) is 53.8 cm³/mol. The molecular formula is C6H11Cl3OSi. The summed E-state index contributed by atoms with van der Waals surface area (Å²) in [6.07, 6.45) is 2.52. The molecule has 0 N–H and O–H groups in total. The third kappa shape index (κ3) is 10.8. The Morgan fingerprint density at radius 2 is 2.00 bits per heavy atom. The first-order valence-electron chi connectivity index (χ1n) is 3.31. The number of hydrogen-bond acceptors (Lipinski definition) is 1. The zero-order chi connectivity index (χ0) is 8.74. The van der Waals surface area contributed by atoms with Gasteiger partial charge in [-0.1, -0.05) is 6.08 Å². The molecule has 66 valence electrons. The third-order valence-corrected chi connectivity index (χ3v) is 3.61. The Balaban J connectivity index is 3.08. The minimum atomic E-state index is -2.41. The minimum absolute atomic E-state index is 0.571. The van der Waals surface area contributed by atoms with Crippen LogP contribution >= 0.6 is 33.2 Å². The van der Waals surface area contributed by atoms with Gasteiger partial charge in [0.15, 0.2) is 0 Å². The second-order valence-electron chi connectivity index (χ2n) is 2.08. The van der Waals surface area contributed by atoms with Crippen molar-refractivity contribution in [3.05, 3.63) is 12.7 Å². The number of ether oxygens (including phenoxy) is 1. The summed E-state index contributed by atoms with van der Waals surface area (Å²) >= 11 is 16.9. The summed E-state index contributed by atoms with van der Waals surface area (Å²) < 4.78 is 5.11. The molecule has 0 spiro atoms. The van der Waals surface area contributed by atoms with Gasteiger partial charge in [-0.2, -0.15) is 0 Å². The maximum atomic E-state index is 5.64. The zero-order valence-corrected chi connectivity index (χ0v) is 9.42. The van der Waals surface area contributed by atoms with Crippen LogP contribution in [-0.2, 0) is 4.74 Å². The Hall–Kier alpha value is 0.787. The second kappa shape index (κ2) is 6.32. The molecule has 0 aromatic heterocycles. The van der Waals surface area contributed by atoms with Gasteiger partial charge in [0.1, 0.15) is 0 Å². The Bertz CT molecular complexity index is 113. The molecule has 5 heteroatoms. The van der Waals surface area contributed by atoms with Gasteiger partial charge in [-0.3, -0.25) is 0 Å². The molecule has 0 atom stereocenters. The summed E-state index contributed by atoms with van der Waals surface area (Å²) in [7, 11) is 0. The first-order valence-corrected chi connectivity index (χ1v) is 8.56. The van der Waals surface area contributed by atoms with Crippen LogP contribution in [0.4, 0.5) is 0 Å². The molecule has 0 aromatic rings. The molecule has 0 saturated heterocycles. The highest BCUT2D eigenvalue weighted by Crippen LogP contribution is 2.26. The highest BCUT2D eigenvalue weighted by molar-refractivity contribution is 7.64. The lowest BCUT2D eigenvalue weighted by molar-refractivity contribution is 0.163. The summed E-state index contributed by atoms with van der Waals surface area (Å²) in [6, 6.07) is -1.75. The van der Waals surface area contributed by atoms with E-state index in [-0.39, 0.29) is 0 Å². The third-order valence-electron chi connectivity index (χ3n) is 0.985. The molecule has 0 radical (unpaired) electrons. The van der Waals surface area contributed by atoms with Gasteiger partial charge >= 0.3 is 6.00 Å². The fourth-order valence-electron chi connectivity index (χ4n) is 0.541. The van der Waals surface area contributed by atoms with Crippen molar-refractivity contribution in [2.75, 3.05) is 13.2 Å². The highest BCUT2D eigenvalue weighted by Gasteiger charge is 2.23. The van der Waals surface area contributed by atoms with Crippen molar-refractivity contribution in [2.45, 2.75) is 12.5 Å². The van der Waals surface area contributed by atoms with E-state index in [0.717, 1.165) is 6.42 Å². The van der Waals surface area contributed by atoms with E-state index >= 15 is 0 Å². The number of halogens is 3. The van der Waals surface area contributed by atoms with Crippen LogP contribution in [0.25, 0.3) is 0 Å². The normalized spacial score (nSPS) is 11.5. The maximum absolute atomic E-state index is 5.64. The van der Waals surface area contributed by atoms with Crippen LogP contribution < -0.4 is 0 Å². The lowest BCUT2D eigenvalue weighted by Crippen LogP contribution is -2.09. The molecule has 0 bridgehead atoms. The van der Waals surface area contributed by atoms with E-state index in [2.05, 4.69) is 6.58 Å². The van der Waals surface area contributed by atoms with Crippen LogP contribution in [-0.4, -0.2) is 19.2 Å². The van der Waals surface area contributed by atoms with E-state index in [9.17, 15) is 0 Å². The molecule has 0 aliphatic rings. The Kier molecular flexibility index (Phi) is 6.77. The number of hydrogen-bond donors (Lipinski definition) is 0. The van der Waals surface area contributed by atoms with Crippen LogP contribution in [0, 0.1) is 0 Å². The molecular weight excluding hydrogens is 223 g/mol. The molecule has 0 unspecified atom stereocenters. The molecule has 0 aromatic carbocycles. The van der Waals surface area contributed by atoms with E-state index in [1.165, 1.54) is 0 Å². The molecule has 0 aliphatic heterocycles. The molecule has 0 rings (SSSR count). The van der Waals surface area contributed by atoms with Gasteiger partial charge in [-0.15, -0.1) is 39.8 Å². The molecule has 1 nitrogen and oxygen atoms in total. The van der Waals surface area contributed by atoms with Crippen molar-refractivity contribution in [3.63, 3.8) is 0 Å². The monoisotopic (exact) mass is 232 g/mol. The van der Waals surface area contributed by atoms with Crippen LogP contribution in [0.2, 0.25) is 6.04 Å². The van der Waals surface area contributed by atoms with Crippen molar-refractivity contribution in [1.82, 2.24) is 0 Å². The maximum Gasteiger partial charge on any atom is 0.341 e. The SMILES string of the molecule is C=CCOCCC[Si](Cl)(Cl)Cl. The summed E-state index contributed by atoms with van der Waals surface area (Å²) in [6.45, 7) is 4.73. The lowest BCUT2D eigenvalue weighted by Gasteiger charge is -2.06. The molecule has 0 fully saturated rings. The second-order valence-corrected chi connectivity index (χ2v) is 11.4. The van der Waals surface area contributed by atoms with Gasteiger partial charge in [-0.05, 0) is 12.5 Å². The van der Waals surface area contributed by atoms with Crippen molar-refractivity contribution in [3.8, 4) is 0 Å². The topological polar surface area (TPSA) is 9.23 Å². The Morgan fingerprint density at radius 1 is 1.36 bits per heavy atom. The first-order chi connectivity index (χ1) is 5.06. The van der Waals surface area contributed by atoms with Crippen molar-refractivity contribution in [2.24, 2.45) is 0 Å². The summed E-state index contributed by atoms with van der Waals surface area (Å²) in [5.41, 5.74) is 0. The molecule has 0 amide bonds. The smallest absolute Gasteiger partial charge is 0.341 e. The largest absolute Gasteiger partial charge is 0.377 e. The summed E-state index contributed by atoms with van der Waals surface area (Å²) in [5, 5.41) is 0. The molecule has 11 heavy (non-hydrogen) atoms. The van der Waals surface area contributed by atoms with Gasteiger partial charge in [0, 0.05) is 6.61 Å². The summed E-state index contributed by atoms with van der Waals surface area (Å²) in [5.74, 6) is 0. The van der Waals surface area contributed by atoms with Crippen molar-refractivity contribution in [1.29, 1.82) is 0 Å². The Morgan fingerprint density at radius 3 is 2.45 bits per heavy atom. The zero-order valence-electron chi connectivity index (χ0n) is 6.16. The number of rotatable bonds is 6. The van der Waals surface area contributed by atoms with E-state index in [0.29, 0.717) is 19.3 Å². The molecule has 0 aliphatic carbocycles. The molecule has 0 heterocycles. The van der Waals surface area contributed by atoms with Gasteiger partial charge in [0.05, 0.1) is 6.61 Å².